The van der Waals surface area contributed by atoms with Gasteiger partial charge >= 0.3 is 5.97 Å². The molecule has 0 unspecified atom stereocenters. The van der Waals surface area contributed by atoms with Gasteiger partial charge in [0.2, 0.25) is 5.43 Å². The Kier molecular flexibility index (Phi) is 4.20. The highest BCUT2D eigenvalue weighted by molar-refractivity contribution is 5.92. The van der Waals surface area contributed by atoms with Crippen LogP contribution in [0.4, 0.5) is 0 Å². The highest BCUT2D eigenvalue weighted by atomic mass is 16.4. The van der Waals surface area contributed by atoms with Gasteiger partial charge in [-0.1, -0.05) is 6.07 Å². The summed E-state index contributed by atoms with van der Waals surface area (Å²) in [5.41, 5.74) is 0.991. The van der Waals surface area contributed by atoms with Gasteiger partial charge in [-0.05, 0) is 37.5 Å². The van der Waals surface area contributed by atoms with Crippen LogP contribution in [0.3, 0.4) is 0 Å². The first kappa shape index (κ1) is 14.3. The number of aliphatic hydroxyl groups excluding tert-OH is 1. The molecule has 0 spiro atoms. The largest absolute Gasteiger partial charge is 0.477 e. The Balaban J connectivity index is 2.68. The van der Waals surface area contributed by atoms with E-state index in [9.17, 15) is 9.59 Å². The molecule has 0 fully saturated rings. The van der Waals surface area contributed by atoms with E-state index in [0.29, 0.717) is 24.8 Å². The van der Waals surface area contributed by atoms with Crippen LogP contribution in [0.15, 0.2) is 29.2 Å². The van der Waals surface area contributed by atoms with Crippen LogP contribution in [0.2, 0.25) is 0 Å². The molecule has 1 aromatic heterocycles. The van der Waals surface area contributed by atoms with Gasteiger partial charge in [-0.15, -0.1) is 0 Å². The SMILES string of the molecule is CCn1cc(C(=O)O)c(=O)c2cc(CCCO)ccc21. The number of nitrogens with zero attached hydrogens (tertiary/aromatic N) is 1. The Morgan fingerprint density at radius 3 is 2.70 bits per heavy atom. The quantitative estimate of drug-likeness (QED) is 0.869. The summed E-state index contributed by atoms with van der Waals surface area (Å²) in [6, 6.07) is 5.47. The first-order valence-corrected chi connectivity index (χ1v) is 6.58. The number of hydrogen-bond acceptors (Lipinski definition) is 3. The van der Waals surface area contributed by atoms with Crippen LogP contribution >= 0.6 is 0 Å². The van der Waals surface area contributed by atoms with Gasteiger partial charge in [0.25, 0.3) is 0 Å². The second-order valence-corrected chi connectivity index (χ2v) is 4.64. The maximum absolute atomic E-state index is 12.2. The van der Waals surface area contributed by atoms with Crippen LogP contribution in [-0.4, -0.2) is 27.4 Å². The van der Waals surface area contributed by atoms with E-state index in [1.165, 1.54) is 6.20 Å². The number of hydrogen-bond donors (Lipinski definition) is 2. The van der Waals surface area contributed by atoms with Gasteiger partial charge in [-0.2, -0.15) is 0 Å². The smallest absolute Gasteiger partial charge is 0.341 e. The highest BCUT2D eigenvalue weighted by Gasteiger charge is 2.14. The summed E-state index contributed by atoms with van der Waals surface area (Å²) in [4.78, 5) is 23.4. The first-order chi connectivity index (χ1) is 9.58. The molecule has 0 aliphatic carbocycles. The molecule has 2 N–H and O–H groups in total. The third kappa shape index (κ3) is 2.58. The zero-order valence-corrected chi connectivity index (χ0v) is 11.3. The number of fused-ring (bicyclic) bond motifs is 1. The Bertz CT molecular complexity index is 703. The lowest BCUT2D eigenvalue weighted by molar-refractivity contribution is 0.0695. The molecule has 0 saturated carbocycles. The van der Waals surface area contributed by atoms with Gasteiger partial charge in [0.15, 0.2) is 0 Å². The molecule has 0 saturated heterocycles. The molecule has 2 rings (SSSR count). The van der Waals surface area contributed by atoms with Crippen LogP contribution in [0.5, 0.6) is 0 Å². The molecule has 5 heteroatoms. The summed E-state index contributed by atoms with van der Waals surface area (Å²) in [6.45, 7) is 2.58. The van der Waals surface area contributed by atoms with Crippen LogP contribution < -0.4 is 5.43 Å². The minimum atomic E-state index is -1.21. The molecular weight excluding hydrogens is 258 g/mol. The van der Waals surface area contributed by atoms with Gasteiger partial charge in [-0.25, -0.2) is 4.79 Å². The second kappa shape index (κ2) is 5.88. The standard InChI is InChI=1S/C15H17NO4/c1-2-16-9-12(15(19)20)14(18)11-8-10(4-3-7-17)5-6-13(11)16/h5-6,8-9,17H,2-4,7H2,1H3,(H,19,20). The van der Waals surface area contributed by atoms with E-state index in [1.54, 1.807) is 10.6 Å². The van der Waals surface area contributed by atoms with E-state index in [-0.39, 0.29) is 12.2 Å². The van der Waals surface area contributed by atoms with Gasteiger partial charge in [0.1, 0.15) is 5.56 Å². The normalized spacial score (nSPS) is 10.9. The fourth-order valence-electron chi connectivity index (χ4n) is 2.30. The van der Waals surface area contributed by atoms with E-state index in [1.807, 2.05) is 19.1 Å². The third-order valence-corrected chi connectivity index (χ3v) is 3.34. The molecule has 0 aliphatic heterocycles. The molecule has 1 heterocycles. The second-order valence-electron chi connectivity index (χ2n) is 4.64. The molecule has 0 amide bonds. The number of pyridine rings is 1. The van der Waals surface area contributed by atoms with E-state index < -0.39 is 11.4 Å². The number of aryl methyl sites for hydroxylation is 2. The number of aromatic carboxylic acids is 1. The van der Waals surface area contributed by atoms with Gasteiger partial charge < -0.3 is 14.8 Å². The fraction of sp³-hybridized carbons (Fsp3) is 0.333. The maximum Gasteiger partial charge on any atom is 0.341 e. The number of benzene rings is 1. The van der Waals surface area contributed by atoms with Crippen molar-refractivity contribution in [2.45, 2.75) is 26.3 Å². The molecule has 20 heavy (non-hydrogen) atoms. The predicted octanol–water partition coefficient (Wildman–Crippen LogP) is 1.64. The van der Waals surface area contributed by atoms with E-state index >= 15 is 0 Å². The van der Waals surface area contributed by atoms with Gasteiger partial charge in [0, 0.05) is 24.7 Å². The third-order valence-electron chi connectivity index (χ3n) is 3.34. The number of carboxylic acid groups (broad SMARTS) is 1. The van der Waals surface area contributed by atoms with Crippen molar-refractivity contribution in [1.82, 2.24) is 4.57 Å². The minimum absolute atomic E-state index is 0.0897. The highest BCUT2D eigenvalue weighted by Crippen LogP contribution is 2.15. The monoisotopic (exact) mass is 275 g/mol. The Morgan fingerprint density at radius 1 is 1.35 bits per heavy atom. The molecule has 0 aliphatic rings. The number of carboxylic acids is 1. The molecule has 0 bridgehead atoms. The zero-order valence-electron chi connectivity index (χ0n) is 11.3. The molecular formula is C15H17NO4. The minimum Gasteiger partial charge on any atom is -0.477 e. The Morgan fingerprint density at radius 2 is 2.10 bits per heavy atom. The van der Waals surface area contributed by atoms with Crippen molar-refractivity contribution in [3.8, 4) is 0 Å². The van der Waals surface area contributed by atoms with Crippen LogP contribution in [0.1, 0.15) is 29.3 Å². The predicted molar refractivity (Wildman–Crippen MR) is 76.2 cm³/mol. The summed E-state index contributed by atoms with van der Waals surface area (Å²) < 4.78 is 1.76. The summed E-state index contributed by atoms with van der Waals surface area (Å²) in [6.07, 6.45) is 2.67. The van der Waals surface area contributed by atoms with E-state index in [2.05, 4.69) is 0 Å². The van der Waals surface area contributed by atoms with E-state index in [0.717, 1.165) is 11.1 Å². The number of aliphatic hydroxyl groups is 1. The van der Waals surface area contributed by atoms with E-state index in [4.69, 9.17) is 10.2 Å². The Labute approximate surface area is 116 Å². The van der Waals surface area contributed by atoms with Crippen LogP contribution in [0, 0.1) is 0 Å². The summed E-state index contributed by atoms with van der Waals surface area (Å²) in [7, 11) is 0. The van der Waals surface area contributed by atoms with Crippen molar-refractivity contribution in [1.29, 1.82) is 0 Å². The van der Waals surface area contributed by atoms with Crippen molar-refractivity contribution in [3.63, 3.8) is 0 Å². The van der Waals surface area contributed by atoms with Crippen molar-refractivity contribution >= 4 is 16.9 Å². The van der Waals surface area contributed by atoms with Gasteiger partial charge in [-0.3, -0.25) is 4.79 Å². The molecule has 1 aromatic carbocycles. The molecule has 2 aromatic rings. The van der Waals surface area contributed by atoms with Crippen molar-refractivity contribution in [2.24, 2.45) is 0 Å². The lowest BCUT2D eigenvalue weighted by Crippen LogP contribution is -2.18. The maximum atomic E-state index is 12.2. The average Bonchev–Trinajstić information content (AvgIpc) is 2.45. The Hall–Kier alpha value is -2.14. The zero-order chi connectivity index (χ0) is 14.7. The molecule has 0 atom stereocenters. The number of aromatic nitrogens is 1. The fourth-order valence-corrected chi connectivity index (χ4v) is 2.30. The van der Waals surface area contributed by atoms with Crippen LogP contribution in [0.25, 0.3) is 10.9 Å². The number of carbonyl (C=O) groups is 1. The topological polar surface area (TPSA) is 79.5 Å². The van der Waals surface area contributed by atoms with Crippen molar-refractivity contribution in [2.75, 3.05) is 6.61 Å². The first-order valence-electron chi connectivity index (χ1n) is 6.58. The summed E-state index contributed by atoms with van der Waals surface area (Å²) in [5, 5.41) is 18.4. The molecule has 5 nitrogen and oxygen atoms in total. The van der Waals surface area contributed by atoms with Gasteiger partial charge in [0.05, 0.1) is 5.52 Å². The molecule has 0 radical (unpaired) electrons. The lowest BCUT2D eigenvalue weighted by Gasteiger charge is -2.11. The average molecular weight is 275 g/mol. The van der Waals surface area contributed by atoms with Crippen molar-refractivity contribution < 1.29 is 15.0 Å². The number of rotatable bonds is 5. The van der Waals surface area contributed by atoms with Crippen molar-refractivity contribution in [3.05, 3.63) is 45.7 Å². The van der Waals surface area contributed by atoms with Crippen LogP contribution in [-0.2, 0) is 13.0 Å². The molecule has 106 valence electrons. The summed E-state index contributed by atoms with van der Waals surface area (Å²) >= 11 is 0. The lowest BCUT2D eigenvalue weighted by atomic mass is 10.0. The summed E-state index contributed by atoms with van der Waals surface area (Å²) in [5.74, 6) is -1.21.